The Labute approximate surface area is 115 Å². The second kappa shape index (κ2) is 6.77. The molecule has 1 heterocycles. The van der Waals surface area contributed by atoms with Gasteiger partial charge in [0.15, 0.2) is 0 Å². The molecule has 0 aromatic heterocycles. The van der Waals surface area contributed by atoms with E-state index in [-0.39, 0.29) is 5.97 Å². The maximum Gasteiger partial charge on any atom is 0.307 e. The zero-order chi connectivity index (χ0) is 14.5. The third-order valence-corrected chi connectivity index (χ3v) is 2.79. The first-order valence-corrected chi connectivity index (χ1v) is 6.66. The molecule has 4 N–H and O–H groups in total. The molecule has 1 aliphatic rings. The summed E-state index contributed by atoms with van der Waals surface area (Å²) in [6.45, 7) is 7.90. The van der Waals surface area contributed by atoms with Crippen LogP contribution in [0.5, 0.6) is 0 Å². The van der Waals surface area contributed by atoms with Crippen LogP contribution < -0.4 is 16.6 Å². The third-order valence-electron chi connectivity index (χ3n) is 2.79. The monoisotopic (exact) mass is 270 g/mol. The molecule has 0 atom stereocenters. The van der Waals surface area contributed by atoms with Gasteiger partial charge in [0.25, 0.3) is 0 Å². The van der Waals surface area contributed by atoms with E-state index in [0.29, 0.717) is 19.5 Å². The van der Waals surface area contributed by atoms with Gasteiger partial charge in [-0.05, 0) is 20.8 Å². The Hall–Kier alpha value is -1.27. The maximum atomic E-state index is 11.6. The number of carbonyl (C=O) groups is 1. The molecule has 0 spiro atoms. The fraction of sp³-hybridized carbons (Fsp3) is 0.769. The summed E-state index contributed by atoms with van der Waals surface area (Å²) in [5.74, 6) is -0.158. The fourth-order valence-electron chi connectivity index (χ4n) is 1.97. The Morgan fingerprint density at radius 3 is 2.68 bits per heavy atom. The molecule has 0 aromatic carbocycles. The van der Waals surface area contributed by atoms with E-state index in [2.05, 4.69) is 15.8 Å². The fourth-order valence-corrected chi connectivity index (χ4v) is 1.97. The largest absolute Gasteiger partial charge is 0.460 e. The van der Waals surface area contributed by atoms with Crippen LogP contribution in [-0.4, -0.2) is 43.2 Å². The van der Waals surface area contributed by atoms with Gasteiger partial charge < -0.3 is 15.9 Å². The van der Waals surface area contributed by atoms with Crippen LogP contribution in [-0.2, 0) is 9.53 Å². The summed E-state index contributed by atoms with van der Waals surface area (Å²) in [4.78, 5) is 13.8. The number of esters is 1. The summed E-state index contributed by atoms with van der Waals surface area (Å²) in [5, 5.41) is 0. The Morgan fingerprint density at radius 2 is 2.16 bits per heavy atom. The third kappa shape index (κ3) is 5.94. The molecular weight excluding hydrogens is 244 g/mol. The van der Waals surface area contributed by atoms with Gasteiger partial charge in [-0.25, -0.2) is 5.43 Å². The van der Waals surface area contributed by atoms with Crippen molar-refractivity contribution in [3.8, 4) is 0 Å². The normalized spacial score (nSPS) is 17.5. The molecule has 6 nitrogen and oxygen atoms in total. The van der Waals surface area contributed by atoms with Gasteiger partial charge in [-0.1, -0.05) is 0 Å². The predicted octanol–water partition coefficient (Wildman–Crippen LogP) is 0.318. The first-order chi connectivity index (χ1) is 8.81. The number of hydrogen-bond donors (Lipinski definition) is 3. The van der Waals surface area contributed by atoms with E-state index in [1.54, 1.807) is 0 Å². The summed E-state index contributed by atoms with van der Waals surface area (Å²) in [6.07, 6.45) is 1.26. The first kappa shape index (κ1) is 15.8. The summed E-state index contributed by atoms with van der Waals surface area (Å²) >= 11 is 0. The molecule has 110 valence electrons. The van der Waals surface area contributed by atoms with Crippen LogP contribution in [0.3, 0.4) is 0 Å². The zero-order valence-corrected chi connectivity index (χ0v) is 12.4. The van der Waals surface area contributed by atoms with Crippen LogP contribution in [0.4, 0.5) is 0 Å². The number of hydrazine groups is 1. The topological polar surface area (TPSA) is 79.6 Å². The highest BCUT2D eigenvalue weighted by atomic mass is 16.6. The van der Waals surface area contributed by atoms with Crippen molar-refractivity contribution in [2.75, 3.05) is 26.7 Å². The minimum Gasteiger partial charge on any atom is -0.460 e. The Balaban J connectivity index is 2.35. The molecule has 0 radical (unpaired) electrons. The van der Waals surface area contributed by atoms with Crippen LogP contribution in [0.1, 0.15) is 33.6 Å². The maximum absolute atomic E-state index is 11.6. The van der Waals surface area contributed by atoms with Crippen molar-refractivity contribution in [2.45, 2.75) is 39.2 Å². The first-order valence-electron chi connectivity index (χ1n) is 6.66. The van der Waals surface area contributed by atoms with Crippen molar-refractivity contribution in [3.05, 3.63) is 11.4 Å². The quantitative estimate of drug-likeness (QED) is 0.493. The average molecular weight is 270 g/mol. The van der Waals surface area contributed by atoms with Crippen LogP contribution >= 0.6 is 0 Å². The van der Waals surface area contributed by atoms with E-state index in [1.165, 1.54) is 0 Å². The van der Waals surface area contributed by atoms with Crippen molar-refractivity contribution in [1.82, 2.24) is 15.8 Å². The van der Waals surface area contributed by atoms with Crippen LogP contribution in [0, 0.1) is 0 Å². The number of ether oxygens (including phenoxy) is 1. The van der Waals surface area contributed by atoms with Crippen molar-refractivity contribution in [3.63, 3.8) is 0 Å². The van der Waals surface area contributed by atoms with Gasteiger partial charge in [0, 0.05) is 44.5 Å². The van der Waals surface area contributed by atoms with E-state index in [4.69, 9.17) is 10.5 Å². The molecule has 0 unspecified atom stereocenters. The number of nitrogens with one attached hydrogen (secondary N) is 2. The van der Waals surface area contributed by atoms with Gasteiger partial charge in [0.1, 0.15) is 5.60 Å². The summed E-state index contributed by atoms with van der Waals surface area (Å²) in [7, 11) is 1.81. The van der Waals surface area contributed by atoms with E-state index in [9.17, 15) is 4.79 Å². The lowest BCUT2D eigenvalue weighted by atomic mass is 10.1. The molecule has 19 heavy (non-hydrogen) atoms. The van der Waals surface area contributed by atoms with Crippen molar-refractivity contribution < 1.29 is 9.53 Å². The van der Waals surface area contributed by atoms with E-state index < -0.39 is 5.60 Å². The second-order valence-corrected chi connectivity index (χ2v) is 5.74. The van der Waals surface area contributed by atoms with Crippen molar-refractivity contribution >= 4 is 5.97 Å². The highest BCUT2D eigenvalue weighted by Crippen LogP contribution is 2.13. The number of nitrogens with zero attached hydrogens (tertiary/aromatic N) is 1. The van der Waals surface area contributed by atoms with Gasteiger partial charge >= 0.3 is 5.97 Å². The highest BCUT2D eigenvalue weighted by molar-refractivity contribution is 5.70. The molecule has 0 fully saturated rings. The Morgan fingerprint density at radius 1 is 1.47 bits per heavy atom. The summed E-state index contributed by atoms with van der Waals surface area (Å²) in [6, 6.07) is 0. The average Bonchev–Trinajstić information content (AvgIpc) is 2.27. The molecule has 0 bridgehead atoms. The lowest BCUT2D eigenvalue weighted by molar-refractivity contribution is -0.155. The van der Waals surface area contributed by atoms with Crippen LogP contribution in [0.2, 0.25) is 0 Å². The van der Waals surface area contributed by atoms with E-state index in [1.807, 2.05) is 27.8 Å². The Kier molecular flexibility index (Phi) is 5.62. The van der Waals surface area contributed by atoms with E-state index >= 15 is 0 Å². The molecule has 0 saturated carbocycles. The molecule has 0 amide bonds. The molecule has 0 aromatic rings. The molecule has 1 rings (SSSR count). The standard InChI is InChI=1S/C13H26N4O2/c1-13(2,3)19-12(18)6-8-17-7-5-11(16-15-4)10(14)9-17/h15-16H,5-9,14H2,1-4H3. The zero-order valence-electron chi connectivity index (χ0n) is 12.4. The lowest BCUT2D eigenvalue weighted by Gasteiger charge is -2.29. The smallest absolute Gasteiger partial charge is 0.307 e. The minimum atomic E-state index is -0.415. The van der Waals surface area contributed by atoms with Crippen LogP contribution in [0.15, 0.2) is 11.4 Å². The van der Waals surface area contributed by atoms with Gasteiger partial charge in [-0.15, -0.1) is 0 Å². The van der Waals surface area contributed by atoms with Crippen LogP contribution in [0.25, 0.3) is 0 Å². The molecule has 0 aliphatic carbocycles. The van der Waals surface area contributed by atoms with E-state index in [0.717, 1.165) is 24.4 Å². The number of rotatable bonds is 5. The lowest BCUT2D eigenvalue weighted by Crippen LogP contribution is -2.41. The SMILES string of the molecule is CNNC1=C(N)CN(CCC(=O)OC(C)(C)C)CC1. The number of nitrogens with two attached hydrogens (primary N) is 1. The molecule has 0 saturated heterocycles. The van der Waals surface area contributed by atoms with Gasteiger partial charge in [-0.3, -0.25) is 9.69 Å². The predicted molar refractivity (Wildman–Crippen MR) is 74.9 cm³/mol. The molecule has 6 heteroatoms. The van der Waals surface area contributed by atoms with Gasteiger partial charge in [0.05, 0.1) is 6.42 Å². The second-order valence-electron chi connectivity index (χ2n) is 5.74. The summed E-state index contributed by atoms with van der Waals surface area (Å²) in [5.41, 5.74) is 13.3. The minimum absolute atomic E-state index is 0.158. The highest BCUT2D eigenvalue weighted by Gasteiger charge is 2.20. The summed E-state index contributed by atoms with van der Waals surface area (Å²) < 4.78 is 5.28. The molecule has 1 aliphatic heterocycles. The number of hydrogen-bond acceptors (Lipinski definition) is 6. The van der Waals surface area contributed by atoms with Crippen molar-refractivity contribution in [2.24, 2.45) is 5.73 Å². The Bertz CT molecular complexity index is 347. The van der Waals surface area contributed by atoms with Gasteiger partial charge in [0.2, 0.25) is 0 Å². The van der Waals surface area contributed by atoms with Crippen molar-refractivity contribution in [1.29, 1.82) is 0 Å². The van der Waals surface area contributed by atoms with Gasteiger partial charge in [-0.2, -0.15) is 0 Å². The number of carbonyl (C=O) groups excluding carboxylic acids is 1. The molecular formula is C13H26N4O2.